The van der Waals surface area contributed by atoms with E-state index in [0.29, 0.717) is 18.1 Å². The van der Waals surface area contributed by atoms with Gasteiger partial charge in [-0.05, 0) is 24.4 Å². The van der Waals surface area contributed by atoms with Crippen LogP contribution in [0.15, 0.2) is 48.9 Å². The van der Waals surface area contributed by atoms with Gasteiger partial charge in [-0.3, -0.25) is 4.79 Å². The van der Waals surface area contributed by atoms with Crippen LogP contribution in [0.2, 0.25) is 0 Å². The molecule has 0 aliphatic carbocycles. The van der Waals surface area contributed by atoms with Crippen molar-refractivity contribution in [1.29, 1.82) is 0 Å². The van der Waals surface area contributed by atoms with E-state index in [1.54, 1.807) is 6.20 Å². The Bertz CT molecular complexity index is 1070. The van der Waals surface area contributed by atoms with Crippen LogP contribution in [0.3, 0.4) is 0 Å². The quantitative estimate of drug-likeness (QED) is 0.584. The number of anilines is 1. The Hall–Kier alpha value is -2.93. The highest BCUT2D eigenvalue weighted by molar-refractivity contribution is 7.19. The van der Waals surface area contributed by atoms with E-state index in [2.05, 4.69) is 38.1 Å². The average Bonchev–Trinajstić information content (AvgIpc) is 3.32. The minimum atomic E-state index is -0.0390. The molecule has 4 rings (SSSR count). The smallest absolute Gasteiger partial charge is 0.227 e. The Balaban J connectivity index is 1.43. The number of aryl methyl sites for hydroxylation is 3. The molecule has 1 aromatic carbocycles. The van der Waals surface area contributed by atoms with E-state index in [0.717, 1.165) is 21.9 Å². The lowest BCUT2D eigenvalue weighted by Gasteiger charge is -2.05. The van der Waals surface area contributed by atoms with Crippen molar-refractivity contribution < 1.29 is 4.79 Å². The fraction of sp³-hybridized carbons (Fsp3) is 0.211. The minimum absolute atomic E-state index is 0.0390. The summed E-state index contributed by atoms with van der Waals surface area (Å²) in [6.45, 7) is 2.57. The number of carbonyl (C=O) groups excluding carboxylic acids is 1. The highest BCUT2D eigenvalue weighted by Crippen LogP contribution is 2.31. The number of thiazole rings is 1. The summed E-state index contributed by atoms with van der Waals surface area (Å²) in [6, 6.07) is 10.2. The monoisotopic (exact) mass is 365 g/mol. The standard InChI is InChI=1S/C19H19N5OS/c1-13-17(18-20-9-12-23(18)2)26-19(21-13)22-16(25)8-11-24-10-7-14-5-3-4-6-15(14)24/h3-7,9-10,12H,8,11H2,1-2H3,(H,21,22,25). The molecule has 4 aromatic rings. The van der Waals surface area contributed by atoms with E-state index in [9.17, 15) is 4.79 Å². The Morgan fingerprint density at radius 1 is 1.23 bits per heavy atom. The molecule has 132 valence electrons. The van der Waals surface area contributed by atoms with Crippen molar-refractivity contribution >= 4 is 33.3 Å². The normalized spacial score (nSPS) is 11.2. The number of benzene rings is 1. The highest BCUT2D eigenvalue weighted by Gasteiger charge is 2.15. The average molecular weight is 365 g/mol. The van der Waals surface area contributed by atoms with Gasteiger partial charge in [0.2, 0.25) is 5.91 Å². The molecule has 7 heteroatoms. The molecule has 0 saturated heterocycles. The molecule has 0 unspecified atom stereocenters. The van der Waals surface area contributed by atoms with Gasteiger partial charge in [0.25, 0.3) is 0 Å². The van der Waals surface area contributed by atoms with Gasteiger partial charge in [-0.1, -0.05) is 29.5 Å². The van der Waals surface area contributed by atoms with Crippen LogP contribution >= 0.6 is 11.3 Å². The van der Waals surface area contributed by atoms with Gasteiger partial charge >= 0.3 is 0 Å². The number of fused-ring (bicyclic) bond motifs is 1. The predicted molar refractivity (Wildman–Crippen MR) is 104 cm³/mol. The van der Waals surface area contributed by atoms with Crippen LogP contribution in [0.1, 0.15) is 12.1 Å². The third kappa shape index (κ3) is 3.13. The van der Waals surface area contributed by atoms with Crippen LogP contribution in [0.4, 0.5) is 5.13 Å². The number of nitrogens with one attached hydrogen (secondary N) is 1. The Morgan fingerprint density at radius 3 is 2.88 bits per heavy atom. The summed E-state index contributed by atoms with van der Waals surface area (Å²) in [5.41, 5.74) is 2.01. The van der Waals surface area contributed by atoms with Gasteiger partial charge in [0.1, 0.15) is 0 Å². The number of imidazole rings is 1. The number of hydrogen-bond acceptors (Lipinski definition) is 4. The fourth-order valence-electron chi connectivity index (χ4n) is 2.98. The first-order valence-corrected chi connectivity index (χ1v) is 9.22. The van der Waals surface area contributed by atoms with Crippen LogP contribution in [-0.2, 0) is 18.4 Å². The van der Waals surface area contributed by atoms with Crippen molar-refractivity contribution in [2.45, 2.75) is 19.9 Å². The van der Waals surface area contributed by atoms with Crippen molar-refractivity contribution in [1.82, 2.24) is 19.1 Å². The molecule has 0 radical (unpaired) electrons. The van der Waals surface area contributed by atoms with E-state index < -0.39 is 0 Å². The number of rotatable bonds is 5. The molecule has 0 atom stereocenters. The minimum Gasteiger partial charge on any atom is -0.347 e. The molecule has 0 bridgehead atoms. The third-order valence-electron chi connectivity index (χ3n) is 4.33. The number of para-hydroxylation sites is 1. The van der Waals surface area contributed by atoms with Crippen LogP contribution in [0.25, 0.3) is 21.6 Å². The highest BCUT2D eigenvalue weighted by atomic mass is 32.1. The Labute approximate surface area is 155 Å². The van der Waals surface area contributed by atoms with E-state index in [4.69, 9.17) is 0 Å². The number of carbonyl (C=O) groups is 1. The molecule has 0 aliphatic rings. The Morgan fingerprint density at radius 2 is 2.08 bits per heavy atom. The maximum atomic E-state index is 12.3. The van der Waals surface area contributed by atoms with Crippen molar-refractivity contribution in [3.63, 3.8) is 0 Å². The number of hydrogen-bond donors (Lipinski definition) is 1. The van der Waals surface area contributed by atoms with E-state index in [1.165, 1.54) is 16.7 Å². The molecule has 1 amide bonds. The summed E-state index contributed by atoms with van der Waals surface area (Å²) < 4.78 is 4.05. The zero-order chi connectivity index (χ0) is 18.1. The van der Waals surface area contributed by atoms with Crippen LogP contribution in [-0.4, -0.2) is 25.0 Å². The summed E-state index contributed by atoms with van der Waals surface area (Å²) in [5, 5.41) is 4.71. The summed E-state index contributed by atoms with van der Waals surface area (Å²) in [7, 11) is 1.95. The van der Waals surface area contributed by atoms with Gasteiger partial charge in [-0.25, -0.2) is 9.97 Å². The van der Waals surface area contributed by atoms with Gasteiger partial charge in [-0.2, -0.15) is 0 Å². The van der Waals surface area contributed by atoms with Crippen LogP contribution in [0.5, 0.6) is 0 Å². The van der Waals surface area contributed by atoms with Crippen molar-refractivity contribution in [3.8, 4) is 10.7 Å². The maximum absolute atomic E-state index is 12.3. The second-order valence-electron chi connectivity index (χ2n) is 6.16. The first-order chi connectivity index (χ1) is 12.6. The summed E-state index contributed by atoms with van der Waals surface area (Å²) >= 11 is 1.45. The lowest BCUT2D eigenvalue weighted by atomic mass is 10.2. The van der Waals surface area contributed by atoms with E-state index in [-0.39, 0.29) is 5.91 Å². The van der Waals surface area contributed by atoms with Gasteiger partial charge in [0.15, 0.2) is 11.0 Å². The molecular weight excluding hydrogens is 346 g/mol. The maximum Gasteiger partial charge on any atom is 0.227 e. The lowest BCUT2D eigenvalue weighted by Crippen LogP contribution is -2.14. The lowest BCUT2D eigenvalue weighted by molar-refractivity contribution is -0.116. The summed E-state index contributed by atoms with van der Waals surface area (Å²) in [6.07, 6.45) is 6.07. The van der Waals surface area contributed by atoms with Crippen LogP contribution in [0, 0.1) is 6.92 Å². The molecule has 0 saturated carbocycles. The molecule has 3 aromatic heterocycles. The summed E-state index contributed by atoms with van der Waals surface area (Å²) in [5.74, 6) is 0.822. The number of aromatic nitrogens is 4. The molecule has 0 aliphatic heterocycles. The summed E-state index contributed by atoms with van der Waals surface area (Å²) in [4.78, 5) is 22.1. The second-order valence-corrected chi connectivity index (χ2v) is 7.16. The fourth-order valence-corrected chi connectivity index (χ4v) is 4.00. The molecule has 3 heterocycles. The molecule has 0 spiro atoms. The van der Waals surface area contributed by atoms with Gasteiger partial charge in [0.05, 0.1) is 10.6 Å². The van der Waals surface area contributed by atoms with Crippen molar-refractivity contribution in [2.75, 3.05) is 5.32 Å². The second kappa shape index (κ2) is 6.76. The Kier molecular flexibility index (Phi) is 4.30. The molecule has 0 fully saturated rings. The van der Waals surface area contributed by atoms with Crippen LogP contribution < -0.4 is 5.32 Å². The van der Waals surface area contributed by atoms with Gasteiger partial charge < -0.3 is 14.5 Å². The number of nitrogens with zero attached hydrogens (tertiary/aromatic N) is 4. The topological polar surface area (TPSA) is 64.7 Å². The molecular formula is C19H19N5OS. The van der Waals surface area contributed by atoms with Gasteiger partial charge in [-0.15, -0.1) is 0 Å². The van der Waals surface area contributed by atoms with Crippen molar-refractivity contribution in [2.24, 2.45) is 7.05 Å². The van der Waals surface area contributed by atoms with E-state index in [1.807, 2.05) is 43.1 Å². The largest absolute Gasteiger partial charge is 0.347 e. The third-order valence-corrected chi connectivity index (χ3v) is 5.40. The molecule has 26 heavy (non-hydrogen) atoms. The zero-order valence-electron chi connectivity index (χ0n) is 14.6. The first-order valence-electron chi connectivity index (χ1n) is 8.40. The SMILES string of the molecule is Cc1nc(NC(=O)CCn2ccc3ccccc32)sc1-c1nccn1C. The molecule has 1 N–H and O–H groups in total. The van der Waals surface area contributed by atoms with Gasteiger partial charge in [0, 0.05) is 44.1 Å². The first kappa shape index (κ1) is 16.5. The predicted octanol–water partition coefficient (Wildman–Crippen LogP) is 3.84. The zero-order valence-corrected chi connectivity index (χ0v) is 15.5. The molecule has 6 nitrogen and oxygen atoms in total. The van der Waals surface area contributed by atoms with Crippen molar-refractivity contribution in [3.05, 3.63) is 54.6 Å². The number of amides is 1. The van der Waals surface area contributed by atoms with E-state index >= 15 is 0 Å².